The van der Waals surface area contributed by atoms with Gasteiger partial charge in [0.25, 0.3) is 11.5 Å². The molecule has 31 heavy (non-hydrogen) atoms. The topological polar surface area (TPSA) is 146 Å². The first kappa shape index (κ1) is 21.9. The summed E-state index contributed by atoms with van der Waals surface area (Å²) in [5.41, 5.74) is 0.198. The van der Waals surface area contributed by atoms with Crippen LogP contribution in [-0.2, 0) is 19.1 Å². The first-order valence-electron chi connectivity index (χ1n) is 9.49. The van der Waals surface area contributed by atoms with E-state index in [0.29, 0.717) is 23.5 Å². The number of pyridine rings is 1. The molecule has 0 saturated carbocycles. The van der Waals surface area contributed by atoms with E-state index in [1.807, 2.05) is 0 Å². The molecular weight excluding hydrogens is 406 g/mol. The van der Waals surface area contributed by atoms with Gasteiger partial charge in [0.15, 0.2) is 0 Å². The number of ether oxygens (including phenoxy) is 1. The number of imide groups is 1. The zero-order chi connectivity index (χ0) is 22.7. The van der Waals surface area contributed by atoms with Crippen LogP contribution in [0.25, 0.3) is 11.3 Å². The molecule has 1 aromatic heterocycles. The lowest BCUT2D eigenvalue weighted by Gasteiger charge is -2.23. The highest BCUT2D eigenvalue weighted by Gasteiger charge is 2.35. The Kier molecular flexibility index (Phi) is 6.30. The average Bonchev–Trinajstić information content (AvgIpc) is 3.15. The van der Waals surface area contributed by atoms with Gasteiger partial charge in [0.05, 0.1) is 11.7 Å². The van der Waals surface area contributed by atoms with Crippen LogP contribution in [0.4, 0.5) is 5.69 Å². The third-order valence-corrected chi connectivity index (χ3v) is 4.83. The van der Waals surface area contributed by atoms with Gasteiger partial charge < -0.3 is 20.1 Å². The lowest BCUT2D eigenvalue weighted by Crippen LogP contribution is -2.46. The number of benzene rings is 1. The van der Waals surface area contributed by atoms with Crippen molar-refractivity contribution in [1.29, 1.82) is 0 Å². The van der Waals surface area contributed by atoms with Crippen LogP contribution in [0.1, 0.15) is 30.6 Å². The molecule has 162 valence electrons. The number of nitrogens with one attached hydrogen (secondary N) is 2. The standard InChI is InChI=1S/C21H21N3O7/c1-11(25)24(20(28)18-9-15(10-22-18)31-12(2)26)14-5-3-13(4-6-14)17-8-7-16(21(29)30)19(27)23-17/h3-8,15,18,22H,9-10H2,1-2H3,(H,23,27)(H,29,30)/t15?,18-/m0/s1. The monoisotopic (exact) mass is 427 g/mol. The highest BCUT2D eigenvalue weighted by molar-refractivity contribution is 6.16. The molecule has 0 aliphatic carbocycles. The van der Waals surface area contributed by atoms with Gasteiger partial charge in [-0.25, -0.2) is 9.69 Å². The number of hydrogen-bond donors (Lipinski definition) is 3. The fraction of sp³-hybridized carbons (Fsp3) is 0.286. The first-order valence-corrected chi connectivity index (χ1v) is 9.49. The Morgan fingerprint density at radius 1 is 1.06 bits per heavy atom. The fourth-order valence-electron chi connectivity index (χ4n) is 3.44. The minimum Gasteiger partial charge on any atom is -0.477 e. The van der Waals surface area contributed by atoms with Crippen LogP contribution in [-0.4, -0.2) is 52.5 Å². The van der Waals surface area contributed by atoms with E-state index in [9.17, 15) is 24.0 Å². The maximum absolute atomic E-state index is 12.9. The molecule has 0 spiro atoms. The van der Waals surface area contributed by atoms with E-state index in [-0.39, 0.29) is 12.0 Å². The SMILES string of the molecule is CC(=O)OC1CN[C@H](C(=O)N(C(C)=O)c2ccc(-c3ccc(C(=O)O)c(=O)[nH]3)cc2)C1. The van der Waals surface area contributed by atoms with Gasteiger partial charge in [0, 0.05) is 32.5 Å². The number of carbonyl (C=O) groups excluding carboxylic acids is 3. The van der Waals surface area contributed by atoms with Crippen molar-refractivity contribution in [3.8, 4) is 11.3 Å². The van der Waals surface area contributed by atoms with Crippen LogP contribution in [0.15, 0.2) is 41.2 Å². The number of H-pyrrole nitrogens is 1. The van der Waals surface area contributed by atoms with E-state index < -0.39 is 41.5 Å². The van der Waals surface area contributed by atoms with E-state index in [4.69, 9.17) is 9.84 Å². The Hall–Kier alpha value is -3.79. The van der Waals surface area contributed by atoms with Crippen LogP contribution < -0.4 is 15.8 Å². The van der Waals surface area contributed by atoms with E-state index in [2.05, 4.69) is 10.3 Å². The summed E-state index contributed by atoms with van der Waals surface area (Å²) in [4.78, 5) is 62.6. The number of aromatic amines is 1. The van der Waals surface area contributed by atoms with Crippen LogP contribution in [0, 0.1) is 0 Å². The minimum atomic E-state index is -1.32. The molecule has 2 atom stereocenters. The molecule has 1 unspecified atom stereocenters. The van der Waals surface area contributed by atoms with Crippen molar-refractivity contribution >= 4 is 29.4 Å². The van der Waals surface area contributed by atoms with Crippen molar-refractivity contribution in [2.75, 3.05) is 11.4 Å². The molecule has 3 N–H and O–H groups in total. The average molecular weight is 427 g/mol. The zero-order valence-corrected chi connectivity index (χ0v) is 16.9. The van der Waals surface area contributed by atoms with Crippen LogP contribution >= 0.6 is 0 Å². The highest BCUT2D eigenvalue weighted by atomic mass is 16.5. The summed E-state index contributed by atoms with van der Waals surface area (Å²) in [5, 5.41) is 11.9. The second-order valence-electron chi connectivity index (χ2n) is 7.09. The predicted molar refractivity (Wildman–Crippen MR) is 110 cm³/mol. The number of rotatable bonds is 5. The summed E-state index contributed by atoms with van der Waals surface area (Å²) in [6.45, 7) is 2.88. The Bertz CT molecular complexity index is 1090. The Balaban J connectivity index is 1.80. The summed E-state index contributed by atoms with van der Waals surface area (Å²) < 4.78 is 5.11. The molecule has 1 aliphatic heterocycles. The second kappa shape index (κ2) is 8.92. The summed E-state index contributed by atoms with van der Waals surface area (Å²) in [6.07, 6.45) is -0.175. The number of aromatic nitrogens is 1. The van der Waals surface area contributed by atoms with Gasteiger partial charge in [-0.05, 0) is 29.8 Å². The maximum Gasteiger partial charge on any atom is 0.341 e. The van der Waals surface area contributed by atoms with Crippen molar-refractivity contribution in [3.05, 3.63) is 52.3 Å². The molecule has 2 aromatic rings. The number of aromatic carboxylic acids is 1. The van der Waals surface area contributed by atoms with Gasteiger partial charge in [0.1, 0.15) is 11.7 Å². The summed E-state index contributed by atoms with van der Waals surface area (Å²) in [5.74, 6) is -2.70. The number of hydrogen-bond acceptors (Lipinski definition) is 7. The van der Waals surface area contributed by atoms with Gasteiger partial charge in [0.2, 0.25) is 5.91 Å². The lowest BCUT2D eigenvalue weighted by molar-refractivity contribution is -0.145. The van der Waals surface area contributed by atoms with E-state index in [1.54, 1.807) is 24.3 Å². The van der Waals surface area contributed by atoms with Gasteiger partial charge in [-0.3, -0.25) is 19.2 Å². The normalized spacial score (nSPS) is 17.7. The molecule has 1 fully saturated rings. The Morgan fingerprint density at radius 3 is 2.29 bits per heavy atom. The second-order valence-corrected chi connectivity index (χ2v) is 7.09. The number of esters is 1. The Morgan fingerprint density at radius 2 is 1.74 bits per heavy atom. The van der Waals surface area contributed by atoms with Crippen molar-refractivity contribution in [3.63, 3.8) is 0 Å². The predicted octanol–water partition coefficient (Wildman–Crippen LogP) is 0.913. The van der Waals surface area contributed by atoms with Crippen LogP contribution in [0.2, 0.25) is 0 Å². The third-order valence-electron chi connectivity index (χ3n) is 4.83. The first-order chi connectivity index (χ1) is 14.7. The molecule has 3 rings (SSSR count). The molecule has 0 radical (unpaired) electrons. The number of carbonyl (C=O) groups is 4. The summed E-state index contributed by atoms with van der Waals surface area (Å²) in [6, 6.07) is 8.31. The number of nitrogens with zero attached hydrogens (tertiary/aromatic N) is 1. The molecule has 0 bridgehead atoms. The van der Waals surface area contributed by atoms with Crippen LogP contribution in [0.5, 0.6) is 0 Å². The van der Waals surface area contributed by atoms with Gasteiger partial charge >= 0.3 is 11.9 Å². The van der Waals surface area contributed by atoms with Gasteiger partial charge in [-0.2, -0.15) is 0 Å². The fourth-order valence-corrected chi connectivity index (χ4v) is 3.44. The maximum atomic E-state index is 12.9. The van der Waals surface area contributed by atoms with Crippen molar-refractivity contribution < 1.29 is 29.0 Å². The van der Waals surface area contributed by atoms with Crippen LogP contribution in [0.3, 0.4) is 0 Å². The molecule has 2 amide bonds. The highest BCUT2D eigenvalue weighted by Crippen LogP contribution is 2.24. The van der Waals surface area contributed by atoms with Gasteiger partial charge in [-0.15, -0.1) is 0 Å². The number of carboxylic acid groups (broad SMARTS) is 1. The largest absolute Gasteiger partial charge is 0.477 e. The number of amides is 2. The molecule has 1 aliphatic rings. The molecule has 2 heterocycles. The Labute approximate surface area is 176 Å². The molecule has 10 nitrogen and oxygen atoms in total. The molecule has 1 aromatic carbocycles. The molecule has 10 heteroatoms. The smallest absolute Gasteiger partial charge is 0.341 e. The van der Waals surface area contributed by atoms with Crippen molar-refractivity contribution in [2.45, 2.75) is 32.4 Å². The summed E-state index contributed by atoms with van der Waals surface area (Å²) in [7, 11) is 0. The minimum absolute atomic E-state index is 0.261. The van der Waals surface area contributed by atoms with E-state index >= 15 is 0 Å². The number of carboxylic acids is 1. The van der Waals surface area contributed by atoms with Gasteiger partial charge in [-0.1, -0.05) is 12.1 Å². The zero-order valence-electron chi connectivity index (χ0n) is 16.9. The summed E-state index contributed by atoms with van der Waals surface area (Å²) >= 11 is 0. The van der Waals surface area contributed by atoms with E-state index in [1.165, 1.54) is 26.0 Å². The number of anilines is 1. The third kappa shape index (κ3) is 4.86. The van der Waals surface area contributed by atoms with E-state index in [0.717, 1.165) is 4.90 Å². The van der Waals surface area contributed by atoms with Crippen molar-refractivity contribution in [2.24, 2.45) is 0 Å². The quantitative estimate of drug-likeness (QED) is 0.597. The van der Waals surface area contributed by atoms with Crippen molar-refractivity contribution in [1.82, 2.24) is 10.3 Å². The lowest BCUT2D eigenvalue weighted by atomic mass is 10.1. The molecular formula is C21H21N3O7. The molecule has 1 saturated heterocycles.